The first-order valence-corrected chi connectivity index (χ1v) is 15.3. The summed E-state index contributed by atoms with van der Waals surface area (Å²) >= 11 is 6.39. The lowest BCUT2D eigenvalue weighted by Gasteiger charge is -2.33. The lowest BCUT2D eigenvalue weighted by atomic mass is 10.1. The van der Waals surface area contributed by atoms with Gasteiger partial charge in [-0.2, -0.15) is 0 Å². The van der Waals surface area contributed by atoms with Gasteiger partial charge in [0.1, 0.15) is 18.3 Å². The van der Waals surface area contributed by atoms with Crippen molar-refractivity contribution in [1.29, 1.82) is 0 Å². The molecule has 0 unspecified atom stereocenters. The van der Waals surface area contributed by atoms with Crippen molar-refractivity contribution in [3.63, 3.8) is 0 Å². The van der Waals surface area contributed by atoms with Crippen LogP contribution in [0.1, 0.15) is 43.9 Å². The van der Waals surface area contributed by atoms with E-state index in [0.717, 1.165) is 21.0 Å². The van der Waals surface area contributed by atoms with E-state index in [-0.39, 0.29) is 29.1 Å². The molecule has 8 nitrogen and oxygen atoms in total. The van der Waals surface area contributed by atoms with Crippen molar-refractivity contribution in [2.45, 2.75) is 64.6 Å². The number of anilines is 1. The number of carbonyl (C=O) groups is 2. The van der Waals surface area contributed by atoms with Gasteiger partial charge in [0.05, 0.1) is 17.7 Å². The van der Waals surface area contributed by atoms with Crippen LogP contribution in [0.25, 0.3) is 0 Å². The van der Waals surface area contributed by atoms with Crippen LogP contribution in [0.5, 0.6) is 5.75 Å². The van der Waals surface area contributed by atoms with Crippen molar-refractivity contribution in [3.8, 4) is 5.75 Å². The zero-order chi connectivity index (χ0) is 30.3. The molecular formula is C31H38ClN3O5S. The Hall–Kier alpha value is -3.56. The third kappa shape index (κ3) is 8.01. The lowest BCUT2D eigenvalue weighted by Crippen LogP contribution is -2.53. The van der Waals surface area contributed by atoms with Crippen molar-refractivity contribution in [2.75, 3.05) is 18.0 Å². The highest BCUT2D eigenvalue weighted by atomic mass is 35.5. The summed E-state index contributed by atoms with van der Waals surface area (Å²) < 4.78 is 34.3. The predicted molar refractivity (Wildman–Crippen MR) is 163 cm³/mol. The first kappa shape index (κ1) is 32.0. The Morgan fingerprint density at radius 2 is 1.68 bits per heavy atom. The van der Waals surface area contributed by atoms with Gasteiger partial charge in [-0.05, 0) is 81.6 Å². The van der Waals surface area contributed by atoms with E-state index in [2.05, 4.69) is 5.32 Å². The molecule has 3 rings (SSSR count). The first-order chi connectivity index (χ1) is 19.4. The maximum Gasteiger partial charge on any atom is 0.264 e. The third-order valence-corrected chi connectivity index (χ3v) is 8.83. The number of carbonyl (C=O) groups excluding carboxylic acids is 2. The van der Waals surface area contributed by atoms with Crippen LogP contribution < -0.4 is 14.4 Å². The number of benzene rings is 3. The second-order valence-corrected chi connectivity index (χ2v) is 12.5. The molecular weight excluding hydrogens is 562 g/mol. The van der Waals surface area contributed by atoms with E-state index < -0.39 is 28.5 Å². The minimum atomic E-state index is -4.18. The molecule has 1 N–H and O–H groups in total. The van der Waals surface area contributed by atoms with E-state index in [1.165, 1.54) is 23.1 Å². The van der Waals surface area contributed by atoms with Crippen LogP contribution in [-0.4, -0.2) is 50.9 Å². The Balaban J connectivity index is 2.10. The molecule has 2 amide bonds. The van der Waals surface area contributed by atoms with Crippen LogP contribution in [0, 0.1) is 13.8 Å². The highest BCUT2D eigenvalue weighted by Crippen LogP contribution is 2.29. The van der Waals surface area contributed by atoms with Crippen LogP contribution >= 0.6 is 11.6 Å². The smallest absolute Gasteiger partial charge is 0.264 e. The molecule has 0 aliphatic rings. The Morgan fingerprint density at radius 1 is 1.00 bits per heavy atom. The topological polar surface area (TPSA) is 96.0 Å². The summed E-state index contributed by atoms with van der Waals surface area (Å²) in [6.07, 6.45) is 0.329. The number of ether oxygens (including phenoxy) is 1. The molecule has 0 bridgehead atoms. The van der Waals surface area contributed by atoms with Crippen molar-refractivity contribution in [1.82, 2.24) is 10.2 Å². The SMILES string of the molecule is CC[C@@H](C(=O)NC(C)C)N(Cc1cccc(OC)c1)C(=O)CN(c1ccc(C)c(Cl)c1)S(=O)(=O)c1ccc(C)cc1. The minimum absolute atomic E-state index is 0.0385. The number of rotatable bonds is 12. The van der Waals surface area contributed by atoms with E-state index >= 15 is 0 Å². The molecule has 0 radical (unpaired) electrons. The summed E-state index contributed by atoms with van der Waals surface area (Å²) in [5.74, 6) is -0.247. The van der Waals surface area contributed by atoms with Crippen LogP contribution in [0.2, 0.25) is 5.02 Å². The van der Waals surface area contributed by atoms with Gasteiger partial charge in [-0.15, -0.1) is 0 Å². The maximum atomic E-state index is 14.1. The second kappa shape index (κ2) is 13.9. The third-order valence-electron chi connectivity index (χ3n) is 6.64. The average Bonchev–Trinajstić information content (AvgIpc) is 2.93. The van der Waals surface area contributed by atoms with Crippen molar-refractivity contribution in [2.24, 2.45) is 0 Å². The molecule has 41 heavy (non-hydrogen) atoms. The molecule has 1 atom stereocenters. The van der Waals surface area contributed by atoms with Gasteiger partial charge in [0.2, 0.25) is 11.8 Å². The molecule has 3 aromatic carbocycles. The van der Waals surface area contributed by atoms with Gasteiger partial charge in [-0.25, -0.2) is 8.42 Å². The Bertz CT molecular complexity index is 1480. The first-order valence-electron chi connectivity index (χ1n) is 13.5. The van der Waals surface area contributed by atoms with Gasteiger partial charge in [0.25, 0.3) is 10.0 Å². The van der Waals surface area contributed by atoms with Gasteiger partial charge < -0.3 is 15.0 Å². The molecule has 220 valence electrons. The number of aryl methyl sites for hydroxylation is 2. The second-order valence-electron chi connectivity index (χ2n) is 10.2. The molecule has 0 saturated carbocycles. The van der Waals surface area contributed by atoms with Gasteiger partial charge >= 0.3 is 0 Å². The fraction of sp³-hybridized carbons (Fsp3) is 0.355. The van der Waals surface area contributed by atoms with E-state index in [4.69, 9.17) is 16.3 Å². The van der Waals surface area contributed by atoms with Crippen molar-refractivity contribution < 1.29 is 22.7 Å². The highest BCUT2D eigenvalue weighted by molar-refractivity contribution is 7.92. The number of sulfonamides is 1. The summed E-state index contributed by atoms with van der Waals surface area (Å²) in [5.41, 5.74) is 2.65. The number of nitrogens with zero attached hydrogens (tertiary/aromatic N) is 2. The van der Waals surface area contributed by atoms with Gasteiger partial charge in [-0.3, -0.25) is 13.9 Å². The number of halogens is 1. The van der Waals surface area contributed by atoms with Gasteiger partial charge in [0, 0.05) is 17.6 Å². The zero-order valence-corrected chi connectivity index (χ0v) is 25.9. The van der Waals surface area contributed by atoms with Crippen LogP contribution in [-0.2, 0) is 26.2 Å². The molecule has 10 heteroatoms. The number of amides is 2. The van der Waals surface area contributed by atoms with Gasteiger partial charge in [-0.1, -0.05) is 54.4 Å². The Morgan fingerprint density at radius 3 is 2.27 bits per heavy atom. The van der Waals surface area contributed by atoms with Crippen molar-refractivity contribution >= 4 is 39.1 Å². The molecule has 0 heterocycles. The molecule has 3 aromatic rings. The largest absolute Gasteiger partial charge is 0.497 e. The molecule has 0 aromatic heterocycles. The summed E-state index contributed by atoms with van der Waals surface area (Å²) in [6, 6.07) is 17.5. The predicted octanol–water partition coefficient (Wildman–Crippen LogP) is 5.49. The monoisotopic (exact) mass is 599 g/mol. The fourth-order valence-electron chi connectivity index (χ4n) is 4.37. The highest BCUT2D eigenvalue weighted by Gasteiger charge is 2.34. The van der Waals surface area contributed by atoms with E-state index in [9.17, 15) is 18.0 Å². The molecule has 0 spiro atoms. The van der Waals surface area contributed by atoms with E-state index in [0.29, 0.717) is 17.2 Å². The molecule has 0 saturated heterocycles. The normalized spacial score (nSPS) is 12.1. The fourth-order valence-corrected chi connectivity index (χ4v) is 5.95. The molecule has 0 aliphatic heterocycles. The minimum Gasteiger partial charge on any atom is -0.497 e. The van der Waals surface area contributed by atoms with Gasteiger partial charge in [0.15, 0.2) is 0 Å². The van der Waals surface area contributed by atoms with E-state index in [1.54, 1.807) is 49.6 Å². The average molecular weight is 600 g/mol. The molecule has 0 fully saturated rings. The lowest BCUT2D eigenvalue weighted by molar-refractivity contribution is -0.140. The summed E-state index contributed by atoms with van der Waals surface area (Å²) in [6.45, 7) is 8.72. The van der Waals surface area contributed by atoms with E-state index in [1.807, 2.05) is 40.7 Å². The number of nitrogens with one attached hydrogen (secondary N) is 1. The zero-order valence-electron chi connectivity index (χ0n) is 24.3. The van der Waals surface area contributed by atoms with Crippen LogP contribution in [0.3, 0.4) is 0 Å². The quantitative estimate of drug-likeness (QED) is 0.297. The van der Waals surface area contributed by atoms with Crippen LogP contribution in [0.15, 0.2) is 71.6 Å². The Labute approximate surface area is 248 Å². The number of hydrogen-bond acceptors (Lipinski definition) is 5. The van der Waals surface area contributed by atoms with Crippen molar-refractivity contribution in [3.05, 3.63) is 88.4 Å². The maximum absolute atomic E-state index is 14.1. The standard InChI is InChI=1S/C31H38ClN3O5S/c1-7-29(31(37)33-21(2)3)34(19-24-9-8-10-26(17-24)40-6)30(36)20-35(25-14-13-23(5)28(32)18-25)41(38,39)27-15-11-22(4)12-16-27/h8-18,21,29H,7,19-20H2,1-6H3,(H,33,37)/t29-/m0/s1. The number of hydrogen-bond donors (Lipinski definition) is 1. The number of methoxy groups -OCH3 is 1. The van der Waals surface area contributed by atoms with Crippen LogP contribution in [0.4, 0.5) is 5.69 Å². The summed E-state index contributed by atoms with van der Waals surface area (Å²) in [7, 11) is -2.63. The Kier molecular flexibility index (Phi) is 10.8. The molecule has 0 aliphatic carbocycles. The summed E-state index contributed by atoms with van der Waals surface area (Å²) in [5, 5.41) is 3.26. The summed E-state index contributed by atoms with van der Waals surface area (Å²) in [4.78, 5) is 28.9.